The molecule has 0 aliphatic heterocycles. The van der Waals surface area contributed by atoms with E-state index in [2.05, 4.69) is 32.2 Å². The number of non-ortho nitro benzene ring substituents is 1. The van der Waals surface area contributed by atoms with Gasteiger partial charge in [0.2, 0.25) is 0 Å². The summed E-state index contributed by atoms with van der Waals surface area (Å²) in [6.45, 7) is 9.78. The summed E-state index contributed by atoms with van der Waals surface area (Å²) in [5.41, 5.74) is 8.27. The number of hydrogen-bond donors (Lipinski definition) is 2. The van der Waals surface area contributed by atoms with E-state index in [1.165, 1.54) is 24.3 Å². The Bertz CT molecular complexity index is 915. The third kappa shape index (κ3) is 7.33. The summed E-state index contributed by atoms with van der Waals surface area (Å²) < 4.78 is 6.12. The molecular formula is C24H35ClN4O4. The number of benzene rings is 2. The minimum atomic E-state index is -0.475. The van der Waals surface area contributed by atoms with E-state index in [9.17, 15) is 14.9 Å². The maximum Gasteiger partial charge on any atom is 0.269 e. The number of quaternary nitrogens is 1. The average Bonchev–Trinajstić information content (AvgIpc) is 2.77. The molecule has 0 saturated carbocycles. The number of ether oxygens (including phenoxy) is 1. The summed E-state index contributed by atoms with van der Waals surface area (Å²) in [6, 6.07) is 11.8. The van der Waals surface area contributed by atoms with E-state index in [-0.39, 0.29) is 30.0 Å². The van der Waals surface area contributed by atoms with Gasteiger partial charge in [-0.05, 0) is 50.1 Å². The molecule has 2 aromatic rings. The Labute approximate surface area is 202 Å². The Hall–Kier alpha value is -2.84. The van der Waals surface area contributed by atoms with E-state index < -0.39 is 4.92 Å². The number of nitrogen functional groups attached to an aromatic ring is 1. The van der Waals surface area contributed by atoms with Crippen LogP contribution in [0.25, 0.3) is 0 Å². The summed E-state index contributed by atoms with van der Waals surface area (Å²) in [5.74, 6) is 0.438. The summed E-state index contributed by atoms with van der Waals surface area (Å²) in [7, 11) is 1.61. The van der Waals surface area contributed by atoms with Gasteiger partial charge in [-0.15, -0.1) is 0 Å². The van der Waals surface area contributed by atoms with Gasteiger partial charge in [-0.2, -0.15) is 0 Å². The zero-order valence-corrected chi connectivity index (χ0v) is 20.6. The van der Waals surface area contributed by atoms with Crippen LogP contribution < -0.4 is 28.2 Å². The van der Waals surface area contributed by atoms with Crippen LogP contribution >= 0.6 is 0 Å². The number of nitro groups is 1. The molecule has 0 fully saturated rings. The topological polar surface area (TPSA) is 107 Å². The van der Waals surface area contributed by atoms with E-state index in [1.54, 1.807) is 7.11 Å². The van der Waals surface area contributed by atoms with E-state index in [0.29, 0.717) is 23.5 Å². The maximum atomic E-state index is 12.6. The number of nitro benzene ring substituents is 1. The van der Waals surface area contributed by atoms with Crippen molar-refractivity contribution in [2.75, 3.05) is 32.5 Å². The maximum absolute atomic E-state index is 12.6. The summed E-state index contributed by atoms with van der Waals surface area (Å²) in [4.78, 5) is 23.0. The molecule has 2 aromatic carbocycles. The number of carbonyl (C=O) groups is 1. The molecule has 0 aliphatic rings. The van der Waals surface area contributed by atoms with Gasteiger partial charge in [-0.3, -0.25) is 14.9 Å². The van der Waals surface area contributed by atoms with Crippen molar-refractivity contribution in [3.63, 3.8) is 0 Å². The van der Waals surface area contributed by atoms with Gasteiger partial charge in [0.1, 0.15) is 18.3 Å². The third-order valence-corrected chi connectivity index (χ3v) is 5.96. The third-order valence-electron chi connectivity index (χ3n) is 5.96. The minimum absolute atomic E-state index is 0. The minimum Gasteiger partial charge on any atom is -1.00 e. The highest BCUT2D eigenvalue weighted by atomic mass is 35.5. The molecule has 0 spiro atoms. The number of rotatable bonds is 12. The molecule has 0 aliphatic carbocycles. The molecule has 182 valence electrons. The van der Waals surface area contributed by atoms with Crippen LogP contribution in [0.5, 0.6) is 5.75 Å². The normalized spacial score (nSPS) is 11.9. The molecule has 0 radical (unpaired) electrons. The molecule has 0 bridgehead atoms. The average molecular weight is 479 g/mol. The Kier molecular flexibility index (Phi) is 11.1. The first kappa shape index (κ1) is 28.2. The molecule has 0 saturated heterocycles. The molecule has 8 nitrogen and oxygen atoms in total. The quantitative estimate of drug-likeness (QED) is 0.206. The fourth-order valence-electron chi connectivity index (χ4n) is 4.27. The Morgan fingerprint density at radius 2 is 1.76 bits per heavy atom. The fraction of sp³-hybridized carbons (Fsp3) is 0.458. The zero-order valence-electron chi connectivity index (χ0n) is 19.8. The van der Waals surface area contributed by atoms with E-state index in [4.69, 9.17) is 10.5 Å². The zero-order chi connectivity index (χ0) is 23.7. The van der Waals surface area contributed by atoms with Crippen LogP contribution in [-0.4, -0.2) is 48.1 Å². The number of nitrogens with two attached hydrogens (primary N) is 1. The van der Waals surface area contributed by atoms with Gasteiger partial charge in [0.15, 0.2) is 0 Å². The number of methoxy groups -OCH3 is 1. The Morgan fingerprint density at radius 1 is 1.15 bits per heavy atom. The molecule has 0 aromatic heterocycles. The highest BCUT2D eigenvalue weighted by Gasteiger charge is 2.33. The number of nitrogens with one attached hydrogen (secondary N) is 1. The first-order chi connectivity index (χ1) is 15.3. The second-order valence-electron chi connectivity index (χ2n) is 8.26. The molecular weight excluding hydrogens is 444 g/mol. The number of hydrogen-bond acceptors (Lipinski definition) is 5. The highest BCUT2D eigenvalue weighted by Crippen LogP contribution is 2.27. The van der Waals surface area contributed by atoms with Crippen LogP contribution in [0.15, 0.2) is 42.5 Å². The lowest BCUT2D eigenvalue weighted by molar-refractivity contribution is -0.960. The molecule has 2 rings (SSSR count). The number of halogens is 1. The first-order valence-electron chi connectivity index (χ1n) is 11.1. The van der Waals surface area contributed by atoms with Gasteiger partial charge in [0, 0.05) is 23.3 Å². The van der Waals surface area contributed by atoms with Crippen molar-refractivity contribution < 1.29 is 31.3 Å². The monoisotopic (exact) mass is 478 g/mol. The van der Waals surface area contributed by atoms with Crippen LogP contribution in [0.3, 0.4) is 0 Å². The van der Waals surface area contributed by atoms with Crippen LogP contribution in [-0.2, 0) is 6.54 Å². The van der Waals surface area contributed by atoms with Gasteiger partial charge in [-0.25, -0.2) is 0 Å². The number of anilines is 1. The summed E-state index contributed by atoms with van der Waals surface area (Å²) in [5, 5.41) is 13.8. The van der Waals surface area contributed by atoms with Gasteiger partial charge in [-0.1, -0.05) is 13.8 Å². The van der Waals surface area contributed by atoms with Crippen LogP contribution in [0.1, 0.15) is 49.5 Å². The van der Waals surface area contributed by atoms with Crippen LogP contribution in [0.2, 0.25) is 0 Å². The largest absolute Gasteiger partial charge is 1.00 e. The summed E-state index contributed by atoms with van der Waals surface area (Å²) >= 11 is 0. The molecule has 1 unspecified atom stereocenters. The van der Waals surface area contributed by atoms with Crippen LogP contribution in [0, 0.1) is 10.1 Å². The first-order valence-corrected chi connectivity index (χ1v) is 11.1. The SMILES string of the molecule is CCC[N+](CCC)(Cc1ccc(OC)c(N)c1)C(C)CNC(=O)c1ccc([N+](=O)[O-])cc1.[Cl-]. The summed E-state index contributed by atoms with van der Waals surface area (Å²) in [6.07, 6.45) is 2.04. The lowest BCUT2D eigenvalue weighted by Crippen LogP contribution is -3.00. The van der Waals surface area contributed by atoms with Crippen molar-refractivity contribution in [1.82, 2.24) is 5.32 Å². The Balaban J connectivity index is 0.00000544. The van der Waals surface area contributed by atoms with Gasteiger partial charge in [0.05, 0.1) is 37.4 Å². The standard InChI is InChI=1S/C24H34N4O4.ClH/c1-5-13-28(14-6-2,17-19-7-12-23(32-4)22(25)15-19)18(3)16-26-24(29)20-8-10-21(11-9-20)27(30)31;/h7-12,15,18H,5-6,13-14,16-17,25H2,1-4H3;1H. The van der Waals surface area contributed by atoms with E-state index in [0.717, 1.165) is 42.5 Å². The molecule has 33 heavy (non-hydrogen) atoms. The van der Waals surface area contributed by atoms with Crippen molar-refractivity contribution in [2.24, 2.45) is 0 Å². The van der Waals surface area contributed by atoms with Crippen molar-refractivity contribution >= 4 is 17.3 Å². The number of amides is 1. The highest BCUT2D eigenvalue weighted by molar-refractivity contribution is 5.94. The predicted molar refractivity (Wildman–Crippen MR) is 127 cm³/mol. The number of nitrogens with zero attached hydrogens (tertiary/aromatic N) is 2. The van der Waals surface area contributed by atoms with Crippen molar-refractivity contribution in [3.05, 3.63) is 63.7 Å². The Morgan fingerprint density at radius 3 is 2.24 bits per heavy atom. The predicted octanol–water partition coefficient (Wildman–Crippen LogP) is 1.14. The smallest absolute Gasteiger partial charge is 0.269 e. The molecule has 1 amide bonds. The van der Waals surface area contributed by atoms with E-state index >= 15 is 0 Å². The van der Waals surface area contributed by atoms with Gasteiger partial charge < -0.3 is 32.7 Å². The van der Waals surface area contributed by atoms with Crippen molar-refractivity contribution in [3.8, 4) is 5.75 Å². The van der Waals surface area contributed by atoms with Crippen molar-refractivity contribution in [1.29, 1.82) is 0 Å². The van der Waals surface area contributed by atoms with E-state index in [1.807, 2.05) is 12.1 Å². The van der Waals surface area contributed by atoms with Crippen molar-refractivity contribution in [2.45, 2.75) is 46.2 Å². The molecule has 9 heteroatoms. The van der Waals surface area contributed by atoms with Crippen LogP contribution in [0.4, 0.5) is 11.4 Å². The molecule has 1 atom stereocenters. The number of carbonyl (C=O) groups excluding carboxylic acids is 1. The van der Waals surface area contributed by atoms with Gasteiger partial charge >= 0.3 is 0 Å². The van der Waals surface area contributed by atoms with Gasteiger partial charge in [0.25, 0.3) is 11.6 Å². The second kappa shape index (κ2) is 13.0. The fourth-order valence-corrected chi connectivity index (χ4v) is 4.27. The lowest BCUT2D eigenvalue weighted by atomic mass is 10.1. The second-order valence-corrected chi connectivity index (χ2v) is 8.26. The molecule has 0 heterocycles. The lowest BCUT2D eigenvalue weighted by Gasteiger charge is -2.44. The molecule has 3 N–H and O–H groups in total.